The largest absolute Gasteiger partial charge is 1.00 e. The minimum absolute atomic E-state index is 0. The topological polar surface area (TPSA) is 0 Å². The van der Waals surface area contributed by atoms with Crippen LogP contribution in [0.25, 0.3) is 18.2 Å². The molecule has 0 nitrogen and oxygen atoms in total. The predicted octanol–water partition coefficient (Wildman–Crippen LogP) is -1.20. The van der Waals surface area contributed by atoms with Gasteiger partial charge in [-0.05, 0) is 70.9 Å². The van der Waals surface area contributed by atoms with Crippen LogP contribution < -0.4 is 75.4 Å². The minimum Gasteiger partial charge on any atom is -1.00 e. The van der Waals surface area contributed by atoms with Gasteiger partial charge in [0.05, 0.1) is 0 Å². The Labute approximate surface area is 303 Å². The van der Waals surface area contributed by atoms with Crippen molar-refractivity contribution >= 4 is 18.2 Å². The Morgan fingerprint density at radius 3 is 2.05 bits per heavy atom. The van der Waals surface area contributed by atoms with E-state index in [2.05, 4.69) is 124 Å². The molecule has 4 unspecified atom stereocenters. The van der Waals surface area contributed by atoms with Crippen LogP contribution in [0.4, 0.5) is 0 Å². The number of hydrogen-bond donors (Lipinski definition) is 0. The van der Waals surface area contributed by atoms with E-state index in [1.807, 2.05) is 0 Å². The van der Waals surface area contributed by atoms with Crippen LogP contribution in [0.15, 0.2) is 90.5 Å². The van der Waals surface area contributed by atoms with Crippen molar-refractivity contribution in [3.63, 3.8) is 0 Å². The van der Waals surface area contributed by atoms with Crippen molar-refractivity contribution in [1.29, 1.82) is 0 Å². The Morgan fingerprint density at radius 1 is 0.732 bits per heavy atom. The van der Waals surface area contributed by atoms with Gasteiger partial charge in [0.25, 0.3) is 0 Å². The molecule has 0 amide bonds. The summed E-state index contributed by atoms with van der Waals surface area (Å²) in [6, 6.07) is 27.5. The van der Waals surface area contributed by atoms with E-state index in [1.54, 1.807) is 16.7 Å². The first-order valence-corrected chi connectivity index (χ1v) is 14.5. The second kappa shape index (κ2) is 15.3. The van der Waals surface area contributed by atoms with Gasteiger partial charge in [0.15, 0.2) is 0 Å². The SMILES string of the molecule is CCCC1(C(CC)(CCC2C=Cc3ccccc32)C2C(CC)=Cc3ccccc32)C=Cc2ccccc21.[H-].[H-].[H-].[H-].[Li+].[Li+].[Li+].[Li+]. The van der Waals surface area contributed by atoms with Crippen molar-refractivity contribution in [2.75, 3.05) is 0 Å². The molecule has 3 aromatic rings. The van der Waals surface area contributed by atoms with Crippen molar-refractivity contribution in [2.45, 2.75) is 76.5 Å². The summed E-state index contributed by atoms with van der Waals surface area (Å²) in [5.41, 5.74) is 10.7. The average molecular weight is 517 g/mol. The van der Waals surface area contributed by atoms with Crippen molar-refractivity contribution in [3.05, 3.63) is 124 Å². The molecule has 0 spiro atoms. The van der Waals surface area contributed by atoms with Gasteiger partial charge in [-0.2, -0.15) is 0 Å². The number of allylic oxidation sites excluding steroid dienone is 3. The number of hydrogen-bond acceptors (Lipinski definition) is 0. The molecule has 41 heavy (non-hydrogen) atoms. The molecule has 196 valence electrons. The Hall–Kier alpha value is -0.730. The second-order valence-electron chi connectivity index (χ2n) is 11.4. The average Bonchev–Trinajstić information content (AvgIpc) is 3.64. The molecule has 4 heteroatoms. The maximum Gasteiger partial charge on any atom is 1.00 e. The third-order valence-corrected chi connectivity index (χ3v) is 9.94. The predicted molar refractivity (Wildman–Crippen MR) is 164 cm³/mol. The van der Waals surface area contributed by atoms with Gasteiger partial charge in [-0.25, -0.2) is 0 Å². The second-order valence-corrected chi connectivity index (χ2v) is 11.4. The number of rotatable bonds is 9. The molecule has 0 N–H and O–H groups in total. The fraction of sp³-hybridized carbons (Fsp3) is 0.351. The summed E-state index contributed by atoms with van der Waals surface area (Å²) < 4.78 is 0. The van der Waals surface area contributed by atoms with E-state index in [4.69, 9.17) is 0 Å². The molecule has 3 aromatic carbocycles. The standard InChI is InChI=1S/C37H40.4Li.4H/c1-4-23-37(25-22-30-14-9-12-18-34(30)37)36(6-3,24-21-29-20-19-28-13-7-10-16-32(28)29)35-27(5-2)26-31-15-8-11-17-33(31)35;;;;;;;;/h7-20,22,25-26,29,35H,4-6,21,23-24H2,1-3H3;;;;;;;;/q;4*+1;4*-1. The molecule has 0 saturated heterocycles. The van der Waals surface area contributed by atoms with E-state index in [9.17, 15) is 0 Å². The van der Waals surface area contributed by atoms with Crippen LogP contribution in [0.1, 0.15) is 110 Å². The summed E-state index contributed by atoms with van der Waals surface area (Å²) in [7, 11) is 0. The number of benzene rings is 3. The summed E-state index contributed by atoms with van der Waals surface area (Å²) in [4.78, 5) is 0. The third-order valence-electron chi connectivity index (χ3n) is 9.94. The third kappa shape index (κ3) is 6.01. The zero-order valence-corrected chi connectivity index (χ0v) is 26.7. The van der Waals surface area contributed by atoms with Gasteiger partial charge < -0.3 is 5.71 Å². The summed E-state index contributed by atoms with van der Waals surface area (Å²) in [6.07, 6.45) is 19.5. The molecule has 0 aliphatic heterocycles. The first-order chi connectivity index (χ1) is 18.2. The molecule has 3 aliphatic carbocycles. The van der Waals surface area contributed by atoms with Crippen molar-refractivity contribution in [2.24, 2.45) is 5.41 Å². The minimum atomic E-state index is 0. The summed E-state index contributed by atoms with van der Waals surface area (Å²) >= 11 is 0. The fourth-order valence-electron chi connectivity index (χ4n) is 8.32. The molecular weight excluding hydrogens is 472 g/mol. The first kappa shape index (κ1) is 36.5. The van der Waals surface area contributed by atoms with Crippen LogP contribution in [0.5, 0.6) is 0 Å². The molecule has 4 atom stereocenters. The zero-order valence-electron chi connectivity index (χ0n) is 30.7. The fourth-order valence-corrected chi connectivity index (χ4v) is 8.32. The van der Waals surface area contributed by atoms with Gasteiger partial charge >= 0.3 is 75.4 Å². The molecule has 0 radical (unpaired) electrons. The molecule has 0 heterocycles. The van der Waals surface area contributed by atoms with Crippen LogP contribution in [-0.2, 0) is 5.41 Å². The van der Waals surface area contributed by atoms with E-state index in [0.29, 0.717) is 11.8 Å². The van der Waals surface area contributed by atoms with Gasteiger partial charge in [-0.3, -0.25) is 0 Å². The van der Waals surface area contributed by atoms with Gasteiger partial charge in [0.2, 0.25) is 0 Å². The van der Waals surface area contributed by atoms with E-state index in [-0.39, 0.29) is 92.0 Å². The maximum atomic E-state index is 2.64. The van der Waals surface area contributed by atoms with Gasteiger partial charge in [0, 0.05) is 17.3 Å². The molecule has 0 aromatic heterocycles. The smallest absolute Gasteiger partial charge is 1.00 e. The Balaban J connectivity index is -0.00000220. The van der Waals surface area contributed by atoms with Crippen LogP contribution in [0.3, 0.4) is 0 Å². The van der Waals surface area contributed by atoms with Crippen molar-refractivity contribution in [3.8, 4) is 0 Å². The van der Waals surface area contributed by atoms with Gasteiger partial charge in [-0.1, -0.05) is 136 Å². The van der Waals surface area contributed by atoms with Crippen molar-refractivity contribution in [1.82, 2.24) is 0 Å². The summed E-state index contributed by atoms with van der Waals surface area (Å²) in [6.45, 7) is 7.23. The van der Waals surface area contributed by atoms with Crippen molar-refractivity contribution < 1.29 is 81.1 Å². The molecule has 0 bridgehead atoms. The molecule has 6 rings (SSSR count). The summed E-state index contributed by atoms with van der Waals surface area (Å²) in [5.74, 6) is 0.953. The number of fused-ring (bicyclic) bond motifs is 3. The monoisotopic (exact) mass is 516 g/mol. The molecule has 0 fully saturated rings. The molecular formula is C37H44Li4. The van der Waals surface area contributed by atoms with Gasteiger partial charge in [0.1, 0.15) is 0 Å². The van der Waals surface area contributed by atoms with Crippen LogP contribution in [-0.4, -0.2) is 0 Å². The Kier molecular flexibility index (Phi) is 13.6. The van der Waals surface area contributed by atoms with E-state index < -0.39 is 0 Å². The van der Waals surface area contributed by atoms with Crippen LogP contribution >= 0.6 is 0 Å². The quantitative estimate of drug-likeness (QED) is 0.314. The summed E-state index contributed by atoms with van der Waals surface area (Å²) in [5, 5.41) is 0. The zero-order chi connectivity index (χ0) is 25.5. The van der Waals surface area contributed by atoms with E-state index in [1.165, 1.54) is 54.4 Å². The van der Waals surface area contributed by atoms with E-state index >= 15 is 0 Å². The van der Waals surface area contributed by atoms with E-state index in [0.717, 1.165) is 6.42 Å². The Morgan fingerprint density at radius 2 is 1.37 bits per heavy atom. The van der Waals surface area contributed by atoms with Crippen LogP contribution in [0, 0.1) is 5.41 Å². The Bertz CT molecular complexity index is 1420. The molecule has 3 aliphatic rings. The maximum absolute atomic E-state index is 2.64. The normalized spacial score (nSPS) is 22.1. The molecule has 0 saturated carbocycles. The van der Waals surface area contributed by atoms with Gasteiger partial charge in [-0.15, -0.1) is 0 Å². The van der Waals surface area contributed by atoms with Crippen LogP contribution in [0.2, 0.25) is 0 Å². The first-order valence-electron chi connectivity index (χ1n) is 14.5.